The van der Waals surface area contributed by atoms with Crippen LogP contribution in [0.3, 0.4) is 0 Å². The van der Waals surface area contributed by atoms with E-state index in [2.05, 4.69) is 5.32 Å². The predicted octanol–water partition coefficient (Wildman–Crippen LogP) is 1.73. The molecule has 1 unspecified atom stereocenters. The van der Waals surface area contributed by atoms with Crippen molar-refractivity contribution >= 4 is 44.9 Å². The Morgan fingerprint density at radius 2 is 1.79 bits per heavy atom. The van der Waals surface area contributed by atoms with Gasteiger partial charge in [-0.25, -0.2) is 13.6 Å². The van der Waals surface area contributed by atoms with E-state index in [0.29, 0.717) is 36.1 Å². The number of methoxy groups -OCH3 is 1. The van der Waals surface area contributed by atoms with Crippen LogP contribution in [-0.2, 0) is 26.0 Å². The molecule has 3 N–H and O–H groups in total. The van der Waals surface area contributed by atoms with Gasteiger partial charge < -0.3 is 15.0 Å². The van der Waals surface area contributed by atoms with E-state index in [4.69, 9.17) is 22.1 Å². The number of primary sulfonamides is 1. The lowest BCUT2D eigenvalue weighted by atomic mass is 10.1. The molecule has 0 saturated carbocycles. The van der Waals surface area contributed by atoms with Crippen molar-refractivity contribution in [1.29, 1.82) is 0 Å². The largest absolute Gasteiger partial charge is 0.497 e. The van der Waals surface area contributed by atoms with Crippen LogP contribution in [0, 0.1) is 0 Å². The molecular formula is C22H26N4O5S2. The highest BCUT2D eigenvalue weighted by atomic mass is 32.2. The van der Waals surface area contributed by atoms with Crippen LogP contribution in [0.25, 0.3) is 0 Å². The lowest BCUT2D eigenvalue weighted by Gasteiger charge is -2.23. The Morgan fingerprint density at radius 1 is 1.15 bits per heavy atom. The predicted molar refractivity (Wildman–Crippen MR) is 128 cm³/mol. The van der Waals surface area contributed by atoms with Gasteiger partial charge in [0.1, 0.15) is 11.8 Å². The highest BCUT2D eigenvalue weighted by Crippen LogP contribution is 2.23. The Bertz CT molecular complexity index is 1130. The molecule has 2 amide bonds. The fourth-order valence-electron chi connectivity index (χ4n) is 3.59. The van der Waals surface area contributed by atoms with Crippen LogP contribution >= 0.6 is 12.2 Å². The smallest absolute Gasteiger partial charge is 0.252 e. The minimum Gasteiger partial charge on any atom is -0.497 e. The third-order valence-corrected chi connectivity index (χ3v) is 6.75. The van der Waals surface area contributed by atoms with E-state index >= 15 is 0 Å². The molecule has 176 valence electrons. The molecule has 0 aliphatic carbocycles. The van der Waals surface area contributed by atoms with Gasteiger partial charge in [0, 0.05) is 18.8 Å². The van der Waals surface area contributed by atoms with Crippen molar-refractivity contribution in [3.63, 3.8) is 0 Å². The van der Waals surface area contributed by atoms with Crippen LogP contribution in [0.1, 0.15) is 18.9 Å². The van der Waals surface area contributed by atoms with Gasteiger partial charge in [-0.1, -0.05) is 12.1 Å². The molecule has 1 fully saturated rings. The van der Waals surface area contributed by atoms with Crippen molar-refractivity contribution in [2.75, 3.05) is 25.5 Å². The van der Waals surface area contributed by atoms with Crippen molar-refractivity contribution in [3.8, 4) is 5.75 Å². The normalized spacial score (nSPS) is 16.3. The van der Waals surface area contributed by atoms with Crippen LogP contribution in [0.4, 0.5) is 5.69 Å². The second-order valence-electron chi connectivity index (χ2n) is 7.49. The quantitative estimate of drug-likeness (QED) is 0.513. The average molecular weight is 491 g/mol. The van der Waals surface area contributed by atoms with Gasteiger partial charge in [-0.3, -0.25) is 14.5 Å². The maximum absolute atomic E-state index is 12.9. The Balaban J connectivity index is 1.69. The third kappa shape index (κ3) is 5.86. The third-order valence-electron chi connectivity index (χ3n) is 5.37. The minimum absolute atomic E-state index is 0.0309. The number of nitrogens with one attached hydrogen (secondary N) is 1. The van der Waals surface area contributed by atoms with Crippen LogP contribution in [0.5, 0.6) is 5.75 Å². The van der Waals surface area contributed by atoms with Crippen molar-refractivity contribution < 1.29 is 22.7 Å². The van der Waals surface area contributed by atoms with Gasteiger partial charge >= 0.3 is 0 Å². The molecule has 1 heterocycles. The van der Waals surface area contributed by atoms with E-state index in [1.807, 2.05) is 6.92 Å². The average Bonchev–Trinajstić information content (AvgIpc) is 3.00. The second-order valence-corrected chi connectivity index (χ2v) is 9.42. The number of benzene rings is 2. The fourth-order valence-corrected chi connectivity index (χ4v) is 4.55. The van der Waals surface area contributed by atoms with E-state index in [1.54, 1.807) is 48.4 Å². The zero-order valence-corrected chi connectivity index (χ0v) is 20.0. The maximum Gasteiger partial charge on any atom is 0.252 e. The molecule has 1 atom stereocenters. The number of nitrogens with zero attached hydrogens (tertiary/aromatic N) is 2. The summed E-state index contributed by atoms with van der Waals surface area (Å²) >= 11 is 5.50. The van der Waals surface area contributed by atoms with Crippen molar-refractivity contribution in [2.45, 2.75) is 30.7 Å². The standard InChI is InChI=1S/C22H26N4O5S2/c1-3-25-21(28)19(14-20(27)24-16-6-8-17(31-2)9-7-16)26(22(25)32)13-12-15-4-10-18(11-5-15)33(23,29)30/h4-11,19H,3,12-14H2,1-2H3,(H,24,27)(H2,23,29,30). The number of anilines is 1. The first kappa shape index (κ1) is 24.6. The number of hydrogen-bond acceptors (Lipinski definition) is 6. The number of ether oxygens (including phenoxy) is 1. The highest BCUT2D eigenvalue weighted by molar-refractivity contribution is 7.89. The molecule has 0 spiro atoms. The number of thiocarbonyl (C=S) groups is 1. The molecule has 0 radical (unpaired) electrons. The van der Waals surface area contributed by atoms with Gasteiger partial charge in [0.15, 0.2) is 5.11 Å². The molecule has 1 aliphatic heterocycles. The topological polar surface area (TPSA) is 122 Å². The SMILES string of the molecule is CCN1C(=O)C(CC(=O)Nc2ccc(OC)cc2)N(CCc2ccc(S(N)(=O)=O)cc2)C1=S. The van der Waals surface area contributed by atoms with E-state index in [9.17, 15) is 18.0 Å². The number of carbonyl (C=O) groups excluding carboxylic acids is 2. The molecule has 3 rings (SSSR count). The first-order valence-electron chi connectivity index (χ1n) is 10.3. The van der Waals surface area contributed by atoms with Crippen LogP contribution in [-0.4, -0.2) is 61.4 Å². The van der Waals surface area contributed by atoms with E-state index in [-0.39, 0.29) is 23.1 Å². The number of rotatable bonds is 9. The molecule has 0 aromatic heterocycles. The zero-order chi connectivity index (χ0) is 24.2. The minimum atomic E-state index is -3.76. The second kappa shape index (κ2) is 10.3. The Labute approximate surface area is 198 Å². The van der Waals surface area contributed by atoms with Gasteiger partial charge in [0.25, 0.3) is 5.91 Å². The summed E-state index contributed by atoms with van der Waals surface area (Å²) in [5, 5.41) is 8.32. The van der Waals surface area contributed by atoms with Gasteiger partial charge in [-0.15, -0.1) is 0 Å². The number of sulfonamides is 1. The fraction of sp³-hybridized carbons (Fsp3) is 0.318. The highest BCUT2D eigenvalue weighted by Gasteiger charge is 2.42. The summed E-state index contributed by atoms with van der Waals surface area (Å²) in [5.41, 5.74) is 1.46. The molecule has 33 heavy (non-hydrogen) atoms. The van der Waals surface area contributed by atoms with Crippen molar-refractivity contribution in [1.82, 2.24) is 9.80 Å². The number of likely N-dealkylation sites (N-methyl/N-ethyl adjacent to an activating group) is 1. The summed E-state index contributed by atoms with van der Waals surface area (Å²) in [6.07, 6.45) is 0.457. The van der Waals surface area contributed by atoms with Gasteiger partial charge in [-0.05, 0) is 67.5 Å². The summed E-state index contributed by atoms with van der Waals surface area (Å²) in [5.74, 6) is 0.157. The van der Waals surface area contributed by atoms with E-state index in [1.165, 1.54) is 17.0 Å². The first-order valence-corrected chi connectivity index (χ1v) is 12.3. The van der Waals surface area contributed by atoms with Crippen LogP contribution in [0.15, 0.2) is 53.4 Å². The Morgan fingerprint density at radius 3 is 2.33 bits per heavy atom. The van der Waals surface area contributed by atoms with Crippen molar-refractivity contribution in [2.24, 2.45) is 5.14 Å². The number of hydrogen-bond donors (Lipinski definition) is 2. The van der Waals surface area contributed by atoms with Gasteiger partial charge in [0.2, 0.25) is 15.9 Å². The molecular weight excluding hydrogens is 464 g/mol. The maximum atomic E-state index is 12.9. The molecule has 2 aromatic rings. The summed E-state index contributed by atoms with van der Waals surface area (Å²) in [7, 11) is -2.20. The molecule has 1 saturated heterocycles. The Hall–Kier alpha value is -3.02. The lowest BCUT2D eigenvalue weighted by molar-refractivity contribution is -0.130. The summed E-state index contributed by atoms with van der Waals surface area (Å²) < 4.78 is 28.0. The zero-order valence-electron chi connectivity index (χ0n) is 18.4. The monoisotopic (exact) mass is 490 g/mol. The summed E-state index contributed by atoms with van der Waals surface area (Å²) in [6, 6.07) is 12.4. The van der Waals surface area contributed by atoms with Crippen LogP contribution in [0.2, 0.25) is 0 Å². The van der Waals surface area contributed by atoms with Crippen molar-refractivity contribution in [3.05, 3.63) is 54.1 Å². The number of amides is 2. The molecule has 2 aromatic carbocycles. The van der Waals surface area contributed by atoms with E-state index in [0.717, 1.165) is 5.56 Å². The molecule has 11 heteroatoms. The number of nitrogens with two attached hydrogens (primary N) is 1. The van der Waals surface area contributed by atoms with Gasteiger partial charge in [-0.2, -0.15) is 0 Å². The number of carbonyl (C=O) groups is 2. The van der Waals surface area contributed by atoms with Gasteiger partial charge in [0.05, 0.1) is 18.4 Å². The Kier molecular flexibility index (Phi) is 7.67. The van der Waals surface area contributed by atoms with E-state index < -0.39 is 16.1 Å². The molecule has 1 aliphatic rings. The molecule has 0 bridgehead atoms. The lowest BCUT2D eigenvalue weighted by Crippen LogP contribution is -2.39. The summed E-state index contributed by atoms with van der Waals surface area (Å²) in [6.45, 7) is 2.64. The molecule has 9 nitrogen and oxygen atoms in total. The first-order chi connectivity index (χ1) is 15.6. The van der Waals surface area contributed by atoms with Crippen LogP contribution < -0.4 is 15.2 Å². The summed E-state index contributed by atoms with van der Waals surface area (Å²) in [4.78, 5) is 28.9.